The Balaban J connectivity index is 1.39. The molecule has 2 heterocycles. The maximum Gasteiger partial charge on any atom is 0.230 e. The van der Waals surface area contributed by atoms with Gasteiger partial charge in [0, 0.05) is 24.6 Å². The van der Waals surface area contributed by atoms with Crippen LogP contribution in [0.4, 0.5) is 0 Å². The third-order valence-corrected chi connectivity index (χ3v) is 6.65. The maximum absolute atomic E-state index is 12.1. The van der Waals surface area contributed by atoms with Crippen molar-refractivity contribution in [3.05, 3.63) is 53.4 Å². The first-order valence-electron chi connectivity index (χ1n) is 8.76. The lowest BCUT2D eigenvalue weighted by atomic mass is 10.2. The fourth-order valence-electron chi connectivity index (χ4n) is 2.48. The highest BCUT2D eigenvalue weighted by molar-refractivity contribution is 7.99. The Labute approximate surface area is 172 Å². The Morgan fingerprint density at radius 2 is 2.04 bits per heavy atom. The predicted octanol–water partition coefficient (Wildman–Crippen LogP) is 4.17. The molecule has 1 N–H and O–H groups in total. The van der Waals surface area contributed by atoms with Crippen LogP contribution in [0.5, 0.6) is 0 Å². The average molecular weight is 419 g/mol. The normalized spacial score (nSPS) is 10.9. The molecule has 5 nitrogen and oxygen atoms in total. The summed E-state index contributed by atoms with van der Waals surface area (Å²) in [6.07, 6.45) is 0. The Morgan fingerprint density at radius 1 is 1.19 bits per heavy atom. The molecule has 1 aromatic carbocycles. The van der Waals surface area contributed by atoms with Crippen molar-refractivity contribution >= 4 is 40.8 Å². The van der Waals surface area contributed by atoms with E-state index in [0.29, 0.717) is 12.3 Å². The third kappa shape index (κ3) is 5.85. The number of aromatic nitrogens is 3. The van der Waals surface area contributed by atoms with Gasteiger partial charge in [0.1, 0.15) is 0 Å². The molecule has 0 bridgehead atoms. The van der Waals surface area contributed by atoms with E-state index in [1.807, 2.05) is 47.5 Å². The van der Waals surface area contributed by atoms with Gasteiger partial charge in [0.2, 0.25) is 5.91 Å². The molecule has 0 aliphatic carbocycles. The highest BCUT2D eigenvalue weighted by Crippen LogP contribution is 2.27. The van der Waals surface area contributed by atoms with Crippen molar-refractivity contribution in [3.8, 4) is 10.7 Å². The predicted molar refractivity (Wildman–Crippen MR) is 115 cm³/mol. The van der Waals surface area contributed by atoms with Crippen molar-refractivity contribution in [1.82, 2.24) is 20.1 Å². The molecule has 3 aromatic rings. The molecular weight excluding hydrogens is 396 g/mol. The number of hydrogen-bond acceptors (Lipinski definition) is 6. The van der Waals surface area contributed by atoms with Crippen LogP contribution in [0.3, 0.4) is 0 Å². The molecule has 2 aromatic heterocycles. The van der Waals surface area contributed by atoms with E-state index in [9.17, 15) is 4.79 Å². The van der Waals surface area contributed by atoms with Crippen LogP contribution in [0.1, 0.15) is 12.5 Å². The van der Waals surface area contributed by atoms with Gasteiger partial charge < -0.3 is 9.88 Å². The lowest BCUT2D eigenvalue weighted by Crippen LogP contribution is -2.27. The first-order valence-corrected chi connectivity index (χ1v) is 11.8. The van der Waals surface area contributed by atoms with Gasteiger partial charge in [-0.2, -0.15) is 11.8 Å². The van der Waals surface area contributed by atoms with E-state index < -0.39 is 0 Å². The second-order valence-corrected chi connectivity index (χ2v) is 8.70. The van der Waals surface area contributed by atoms with Crippen LogP contribution >= 0.6 is 34.9 Å². The number of amides is 1. The van der Waals surface area contributed by atoms with E-state index in [1.54, 1.807) is 11.3 Å². The highest BCUT2D eigenvalue weighted by Gasteiger charge is 2.14. The number of carbonyl (C=O) groups excluding carboxylic acids is 1. The monoisotopic (exact) mass is 418 g/mol. The van der Waals surface area contributed by atoms with Crippen LogP contribution in [0.15, 0.2) is 53.0 Å². The number of thiophene rings is 1. The van der Waals surface area contributed by atoms with Gasteiger partial charge in [-0.25, -0.2) is 0 Å². The number of nitrogens with one attached hydrogen (secondary N) is 1. The number of carbonyl (C=O) groups is 1. The first-order chi connectivity index (χ1) is 13.3. The zero-order chi connectivity index (χ0) is 18.9. The second kappa shape index (κ2) is 10.5. The van der Waals surface area contributed by atoms with Gasteiger partial charge in [0.05, 0.1) is 10.6 Å². The summed E-state index contributed by atoms with van der Waals surface area (Å²) in [5.74, 6) is 3.12. The SMILES string of the molecule is CCn1c(SCC(=O)NCCSCc2ccccc2)nnc1-c1cccs1. The van der Waals surface area contributed by atoms with E-state index in [2.05, 4.69) is 39.1 Å². The number of benzene rings is 1. The molecular formula is C19H22N4OS3. The summed E-state index contributed by atoms with van der Waals surface area (Å²) in [6.45, 7) is 3.52. The van der Waals surface area contributed by atoms with Crippen LogP contribution < -0.4 is 5.32 Å². The standard InChI is InChI=1S/C19H22N4OS3/c1-2-23-18(16-9-6-11-26-16)21-22-19(23)27-14-17(24)20-10-12-25-13-15-7-4-3-5-8-15/h3-9,11H,2,10,12-14H2,1H3,(H,20,24). The summed E-state index contributed by atoms with van der Waals surface area (Å²) in [7, 11) is 0. The van der Waals surface area contributed by atoms with E-state index in [1.165, 1.54) is 17.3 Å². The number of nitrogens with zero attached hydrogens (tertiary/aromatic N) is 3. The molecule has 142 valence electrons. The molecule has 0 radical (unpaired) electrons. The fraction of sp³-hybridized carbons (Fsp3) is 0.316. The minimum Gasteiger partial charge on any atom is -0.355 e. The highest BCUT2D eigenvalue weighted by atomic mass is 32.2. The minimum atomic E-state index is 0.0311. The number of rotatable bonds is 10. The molecule has 1 amide bonds. The third-order valence-electron chi connectivity index (χ3n) is 3.79. The molecule has 27 heavy (non-hydrogen) atoms. The summed E-state index contributed by atoms with van der Waals surface area (Å²) in [5, 5.41) is 14.3. The lowest BCUT2D eigenvalue weighted by Gasteiger charge is -2.07. The van der Waals surface area contributed by atoms with Crippen molar-refractivity contribution in [2.75, 3.05) is 18.1 Å². The van der Waals surface area contributed by atoms with Gasteiger partial charge in [0.15, 0.2) is 11.0 Å². The smallest absolute Gasteiger partial charge is 0.230 e. The molecule has 0 saturated heterocycles. The van der Waals surface area contributed by atoms with E-state index in [4.69, 9.17) is 0 Å². The quantitative estimate of drug-likeness (QED) is 0.396. The zero-order valence-corrected chi connectivity index (χ0v) is 17.6. The van der Waals surface area contributed by atoms with Crippen molar-refractivity contribution in [3.63, 3.8) is 0 Å². The van der Waals surface area contributed by atoms with Crippen molar-refractivity contribution in [2.45, 2.75) is 24.4 Å². The average Bonchev–Trinajstić information content (AvgIpc) is 3.36. The summed E-state index contributed by atoms with van der Waals surface area (Å²) in [5.41, 5.74) is 1.31. The fourth-order valence-corrected chi connectivity index (χ4v) is 4.85. The van der Waals surface area contributed by atoms with Crippen LogP contribution in [0, 0.1) is 0 Å². The molecule has 0 aliphatic heterocycles. The van der Waals surface area contributed by atoms with E-state index in [0.717, 1.165) is 33.9 Å². The van der Waals surface area contributed by atoms with Gasteiger partial charge in [-0.1, -0.05) is 48.2 Å². The van der Waals surface area contributed by atoms with Crippen LogP contribution in [-0.4, -0.2) is 38.7 Å². The molecule has 8 heteroatoms. The first kappa shape index (κ1) is 20.0. The molecule has 0 saturated carbocycles. The molecule has 0 unspecified atom stereocenters. The number of hydrogen-bond donors (Lipinski definition) is 1. The van der Waals surface area contributed by atoms with E-state index in [-0.39, 0.29) is 5.91 Å². The van der Waals surface area contributed by atoms with Gasteiger partial charge in [-0.05, 0) is 23.9 Å². The molecule has 0 aliphatic rings. The van der Waals surface area contributed by atoms with Gasteiger partial charge in [0.25, 0.3) is 0 Å². The topological polar surface area (TPSA) is 59.8 Å². The van der Waals surface area contributed by atoms with Gasteiger partial charge in [-0.15, -0.1) is 21.5 Å². The van der Waals surface area contributed by atoms with Gasteiger partial charge >= 0.3 is 0 Å². The molecule has 0 fully saturated rings. The van der Waals surface area contributed by atoms with Crippen LogP contribution in [0.2, 0.25) is 0 Å². The summed E-state index contributed by atoms with van der Waals surface area (Å²) >= 11 is 4.90. The molecule has 0 atom stereocenters. The Hall–Kier alpha value is -1.77. The number of thioether (sulfide) groups is 2. The Morgan fingerprint density at radius 3 is 2.78 bits per heavy atom. The summed E-state index contributed by atoms with van der Waals surface area (Å²) in [6, 6.07) is 14.4. The van der Waals surface area contributed by atoms with Crippen LogP contribution in [-0.2, 0) is 17.1 Å². The summed E-state index contributed by atoms with van der Waals surface area (Å²) < 4.78 is 2.06. The van der Waals surface area contributed by atoms with Crippen molar-refractivity contribution in [2.24, 2.45) is 0 Å². The van der Waals surface area contributed by atoms with Crippen molar-refractivity contribution in [1.29, 1.82) is 0 Å². The largest absolute Gasteiger partial charge is 0.355 e. The second-order valence-electron chi connectivity index (χ2n) is 5.70. The minimum absolute atomic E-state index is 0.0311. The molecule has 3 rings (SSSR count). The van der Waals surface area contributed by atoms with Crippen LogP contribution in [0.25, 0.3) is 10.7 Å². The Kier molecular flexibility index (Phi) is 7.79. The van der Waals surface area contributed by atoms with E-state index >= 15 is 0 Å². The maximum atomic E-state index is 12.1. The Bertz CT molecular complexity index is 834. The van der Waals surface area contributed by atoms with Gasteiger partial charge in [-0.3, -0.25) is 4.79 Å². The molecule has 0 spiro atoms. The zero-order valence-electron chi connectivity index (χ0n) is 15.1. The summed E-state index contributed by atoms with van der Waals surface area (Å²) in [4.78, 5) is 13.2. The van der Waals surface area contributed by atoms with Crippen molar-refractivity contribution < 1.29 is 4.79 Å². The lowest BCUT2D eigenvalue weighted by molar-refractivity contribution is -0.118.